The number of thiophene rings is 2. The number of benzene rings is 1. The lowest BCUT2D eigenvalue weighted by atomic mass is 10.1. The predicted octanol–water partition coefficient (Wildman–Crippen LogP) is 4.97. The van der Waals surface area contributed by atoms with E-state index in [0.717, 1.165) is 24.8 Å². The molecule has 0 aliphatic heterocycles. The Labute approximate surface area is 179 Å². The highest BCUT2D eigenvalue weighted by atomic mass is 127. The molecule has 1 aromatic carbocycles. The van der Waals surface area contributed by atoms with Crippen LogP contribution >= 0.6 is 46.7 Å². The van der Waals surface area contributed by atoms with Crippen LogP contribution in [0.25, 0.3) is 11.1 Å². The van der Waals surface area contributed by atoms with Crippen molar-refractivity contribution in [3.63, 3.8) is 0 Å². The van der Waals surface area contributed by atoms with Crippen molar-refractivity contribution in [2.24, 2.45) is 4.99 Å². The first-order valence-corrected chi connectivity index (χ1v) is 9.73. The van der Waals surface area contributed by atoms with Gasteiger partial charge in [-0.25, -0.2) is 0 Å². The number of halogens is 1. The van der Waals surface area contributed by atoms with Crippen molar-refractivity contribution in [1.29, 1.82) is 0 Å². The third-order valence-corrected chi connectivity index (χ3v) is 5.55. The zero-order chi connectivity index (χ0) is 17.5. The fraction of sp³-hybridized carbons (Fsp3) is 0.211. The number of methoxy groups -OCH3 is 1. The third-order valence-electron chi connectivity index (χ3n) is 3.74. The molecule has 0 aliphatic carbocycles. The van der Waals surface area contributed by atoms with Crippen LogP contribution in [0.4, 0.5) is 0 Å². The van der Waals surface area contributed by atoms with Crippen molar-refractivity contribution < 1.29 is 4.74 Å². The summed E-state index contributed by atoms with van der Waals surface area (Å²) in [5.74, 6) is 1.69. The van der Waals surface area contributed by atoms with Gasteiger partial charge in [-0.1, -0.05) is 18.2 Å². The molecule has 3 aromatic rings. The standard InChI is InChI=1S/C19H21N3OS2.HI/c1-20-19(21-11-17-4-3-9-24-17)22-12-18-10-15(13-25-18)14-5-7-16(23-2)8-6-14;/h3-10,13H,11-12H2,1-2H3,(H2,20,21,22);1H. The van der Waals surface area contributed by atoms with Gasteiger partial charge in [-0.05, 0) is 46.2 Å². The van der Waals surface area contributed by atoms with Crippen LogP contribution < -0.4 is 15.4 Å². The largest absolute Gasteiger partial charge is 0.497 e. The number of rotatable bonds is 6. The quantitative estimate of drug-likeness (QED) is 0.286. The van der Waals surface area contributed by atoms with Gasteiger partial charge in [-0.2, -0.15) is 0 Å². The van der Waals surface area contributed by atoms with Crippen molar-refractivity contribution in [3.05, 3.63) is 63.0 Å². The molecular formula is C19H22IN3OS2. The molecule has 0 aliphatic rings. The van der Waals surface area contributed by atoms with Crippen LogP contribution in [0.2, 0.25) is 0 Å². The zero-order valence-electron chi connectivity index (χ0n) is 14.7. The lowest BCUT2D eigenvalue weighted by Gasteiger charge is -2.10. The highest BCUT2D eigenvalue weighted by Gasteiger charge is 2.05. The molecule has 7 heteroatoms. The smallest absolute Gasteiger partial charge is 0.191 e. The molecule has 2 aromatic heterocycles. The van der Waals surface area contributed by atoms with Gasteiger partial charge in [0.2, 0.25) is 0 Å². The minimum Gasteiger partial charge on any atom is -0.497 e. The Morgan fingerprint density at radius 2 is 1.73 bits per heavy atom. The molecule has 0 saturated heterocycles. The highest BCUT2D eigenvalue weighted by molar-refractivity contribution is 14.0. The molecule has 0 spiro atoms. The molecule has 0 amide bonds. The van der Waals surface area contributed by atoms with E-state index < -0.39 is 0 Å². The van der Waals surface area contributed by atoms with Gasteiger partial charge in [0.15, 0.2) is 5.96 Å². The summed E-state index contributed by atoms with van der Waals surface area (Å²) in [5.41, 5.74) is 2.43. The van der Waals surface area contributed by atoms with Crippen LogP contribution in [0, 0.1) is 0 Å². The van der Waals surface area contributed by atoms with E-state index in [1.54, 1.807) is 36.8 Å². The Morgan fingerprint density at radius 3 is 2.35 bits per heavy atom. The van der Waals surface area contributed by atoms with Gasteiger partial charge in [0.25, 0.3) is 0 Å². The molecule has 26 heavy (non-hydrogen) atoms. The molecule has 3 rings (SSSR count). The number of guanidine groups is 1. The fourth-order valence-electron chi connectivity index (χ4n) is 2.38. The SMILES string of the molecule is CN=C(NCc1cccs1)NCc1cc(-c2ccc(OC)cc2)cs1.I. The second-order valence-corrected chi connectivity index (χ2v) is 7.42. The van der Waals surface area contributed by atoms with Crippen LogP contribution in [0.1, 0.15) is 9.75 Å². The van der Waals surface area contributed by atoms with Gasteiger partial charge in [0, 0.05) is 16.8 Å². The Morgan fingerprint density at radius 1 is 1.00 bits per heavy atom. The first-order valence-electron chi connectivity index (χ1n) is 7.97. The van der Waals surface area contributed by atoms with Crippen LogP contribution in [0.3, 0.4) is 0 Å². The van der Waals surface area contributed by atoms with E-state index in [2.05, 4.69) is 56.7 Å². The van der Waals surface area contributed by atoms with Crippen LogP contribution in [-0.2, 0) is 13.1 Å². The molecule has 0 radical (unpaired) electrons. The summed E-state index contributed by atoms with van der Waals surface area (Å²) in [4.78, 5) is 6.84. The summed E-state index contributed by atoms with van der Waals surface area (Å²) in [6.45, 7) is 1.55. The van der Waals surface area contributed by atoms with E-state index >= 15 is 0 Å². The van der Waals surface area contributed by atoms with Crippen molar-refractivity contribution in [2.75, 3.05) is 14.2 Å². The van der Waals surface area contributed by atoms with Crippen LogP contribution in [0.5, 0.6) is 5.75 Å². The van der Waals surface area contributed by atoms with Crippen molar-refractivity contribution in [2.45, 2.75) is 13.1 Å². The van der Waals surface area contributed by atoms with E-state index in [1.165, 1.54) is 20.9 Å². The van der Waals surface area contributed by atoms with E-state index in [0.29, 0.717) is 0 Å². The Bertz CT molecular complexity index is 814. The van der Waals surface area contributed by atoms with Gasteiger partial charge >= 0.3 is 0 Å². The molecule has 4 nitrogen and oxygen atoms in total. The number of hydrogen-bond donors (Lipinski definition) is 2. The second kappa shape index (κ2) is 10.5. The molecule has 0 saturated carbocycles. The maximum absolute atomic E-state index is 5.21. The average Bonchev–Trinajstić information content (AvgIpc) is 3.34. The minimum absolute atomic E-state index is 0. The first-order chi connectivity index (χ1) is 12.3. The van der Waals surface area contributed by atoms with E-state index in [-0.39, 0.29) is 24.0 Å². The Hall–Kier alpha value is -1.58. The summed E-state index contributed by atoms with van der Waals surface area (Å²) in [5, 5.41) is 11.0. The Balaban J connectivity index is 0.00000243. The van der Waals surface area contributed by atoms with Gasteiger partial charge in [-0.3, -0.25) is 4.99 Å². The van der Waals surface area contributed by atoms with Crippen molar-refractivity contribution >= 4 is 52.6 Å². The van der Waals surface area contributed by atoms with Crippen molar-refractivity contribution in [1.82, 2.24) is 10.6 Å². The molecule has 2 heterocycles. The summed E-state index contributed by atoms with van der Waals surface area (Å²) >= 11 is 3.49. The number of nitrogens with zero attached hydrogens (tertiary/aromatic N) is 1. The van der Waals surface area contributed by atoms with Gasteiger partial charge in [0.1, 0.15) is 5.75 Å². The lowest BCUT2D eigenvalue weighted by molar-refractivity contribution is 0.415. The number of hydrogen-bond acceptors (Lipinski definition) is 4. The van der Waals surface area contributed by atoms with Gasteiger partial charge in [0.05, 0.1) is 20.2 Å². The zero-order valence-corrected chi connectivity index (χ0v) is 18.7. The predicted molar refractivity (Wildman–Crippen MR) is 123 cm³/mol. The topological polar surface area (TPSA) is 45.7 Å². The number of nitrogens with one attached hydrogen (secondary N) is 2. The van der Waals surface area contributed by atoms with E-state index in [9.17, 15) is 0 Å². The van der Waals surface area contributed by atoms with E-state index in [1.807, 2.05) is 12.1 Å². The van der Waals surface area contributed by atoms with E-state index in [4.69, 9.17) is 4.74 Å². The van der Waals surface area contributed by atoms with Crippen LogP contribution in [-0.4, -0.2) is 20.1 Å². The maximum atomic E-state index is 5.21. The highest BCUT2D eigenvalue weighted by Crippen LogP contribution is 2.27. The monoisotopic (exact) mass is 499 g/mol. The number of aliphatic imine (C=N–C) groups is 1. The summed E-state index contributed by atoms with van der Waals surface area (Å²) < 4.78 is 5.21. The normalized spacial score (nSPS) is 10.9. The second-order valence-electron chi connectivity index (χ2n) is 5.39. The van der Waals surface area contributed by atoms with Crippen molar-refractivity contribution in [3.8, 4) is 16.9 Å². The summed E-state index contributed by atoms with van der Waals surface area (Å²) in [7, 11) is 3.48. The lowest BCUT2D eigenvalue weighted by Crippen LogP contribution is -2.35. The fourth-order valence-corrected chi connectivity index (χ4v) is 3.86. The van der Waals surface area contributed by atoms with Gasteiger partial charge in [-0.15, -0.1) is 46.7 Å². The Kier molecular flexibility index (Phi) is 8.40. The maximum Gasteiger partial charge on any atom is 0.191 e. The molecule has 0 unspecified atom stereocenters. The third kappa shape index (κ3) is 5.72. The number of ether oxygens (including phenoxy) is 1. The molecule has 0 atom stereocenters. The van der Waals surface area contributed by atoms with Crippen LogP contribution in [0.15, 0.2) is 58.2 Å². The molecule has 138 valence electrons. The molecular weight excluding hydrogens is 477 g/mol. The molecule has 0 bridgehead atoms. The average molecular weight is 499 g/mol. The summed E-state index contributed by atoms with van der Waals surface area (Å²) in [6.07, 6.45) is 0. The van der Waals surface area contributed by atoms with Gasteiger partial charge < -0.3 is 15.4 Å². The minimum atomic E-state index is 0. The molecule has 2 N–H and O–H groups in total. The first kappa shape index (κ1) is 20.7. The molecule has 0 fully saturated rings. The summed E-state index contributed by atoms with van der Waals surface area (Å²) in [6, 6.07) is 14.5.